The smallest absolute Gasteiger partial charge is 0.337 e. The van der Waals surface area contributed by atoms with Gasteiger partial charge in [0.25, 0.3) is 0 Å². The summed E-state index contributed by atoms with van der Waals surface area (Å²) in [6.45, 7) is 1.85. The summed E-state index contributed by atoms with van der Waals surface area (Å²) in [4.78, 5) is 11.1. The van der Waals surface area contributed by atoms with Crippen molar-refractivity contribution in [3.63, 3.8) is 0 Å². The second-order valence-electron chi connectivity index (χ2n) is 3.00. The van der Waals surface area contributed by atoms with Gasteiger partial charge in [0.2, 0.25) is 0 Å². The zero-order valence-corrected chi connectivity index (χ0v) is 10.3. The Kier molecular flexibility index (Phi) is 2.48. The molecule has 0 spiro atoms. The van der Waals surface area contributed by atoms with Crippen LogP contribution in [0.4, 0.5) is 0 Å². The van der Waals surface area contributed by atoms with Crippen molar-refractivity contribution < 1.29 is 9.90 Å². The third kappa shape index (κ3) is 1.42. The van der Waals surface area contributed by atoms with E-state index >= 15 is 0 Å². The van der Waals surface area contributed by atoms with Crippen LogP contribution in [-0.4, -0.2) is 11.1 Å². The molecule has 0 aliphatic heterocycles. The molecule has 0 radical (unpaired) electrons. The van der Waals surface area contributed by atoms with Gasteiger partial charge in [0, 0.05) is 8.27 Å². The lowest BCUT2D eigenvalue weighted by Crippen LogP contribution is -2.01. The minimum atomic E-state index is -0.839. The van der Waals surface area contributed by atoms with Crippen molar-refractivity contribution in [1.29, 1.82) is 0 Å². The fraction of sp³-hybridized carbons (Fsp3) is 0.100. The van der Waals surface area contributed by atoms with E-state index in [0.29, 0.717) is 5.56 Å². The highest BCUT2D eigenvalue weighted by Gasteiger charge is 2.15. The molecule has 0 atom stereocenters. The maximum atomic E-state index is 11.1. The molecule has 0 saturated carbocycles. The molecule has 0 amide bonds. The summed E-state index contributed by atoms with van der Waals surface area (Å²) in [5, 5.41) is 12.0. The van der Waals surface area contributed by atoms with Crippen LogP contribution >= 0.6 is 33.9 Å². The number of benzene rings is 1. The monoisotopic (exact) mass is 318 g/mol. The second-order valence-corrected chi connectivity index (χ2v) is 5.08. The number of hydrogen-bond donors (Lipinski definition) is 1. The molecule has 0 aliphatic carbocycles. The number of aromatic carboxylic acids is 1. The van der Waals surface area contributed by atoms with E-state index < -0.39 is 5.97 Å². The summed E-state index contributed by atoms with van der Waals surface area (Å²) in [5.41, 5.74) is 1.30. The number of thiophene rings is 1. The van der Waals surface area contributed by atoms with Gasteiger partial charge < -0.3 is 5.11 Å². The summed E-state index contributed by atoms with van der Waals surface area (Å²) in [7, 11) is 0. The van der Waals surface area contributed by atoms with Crippen LogP contribution in [0, 0.1) is 10.5 Å². The molecule has 4 heteroatoms. The van der Waals surface area contributed by atoms with Crippen LogP contribution in [0.1, 0.15) is 15.9 Å². The zero-order chi connectivity index (χ0) is 10.3. The summed E-state index contributed by atoms with van der Waals surface area (Å²) >= 11 is 3.65. The summed E-state index contributed by atoms with van der Waals surface area (Å²) in [6, 6.07) is 3.97. The number of carbonyl (C=O) groups is 1. The lowest BCUT2D eigenvalue weighted by molar-refractivity contribution is 0.0698. The Labute approximate surface area is 98.7 Å². The van der Waals surface area contributed by atoms with Crippen LogP contribution in [0.2, 0.25) is 0 Å². The molecule has 2 rings (SSSR count). The Balaban J connectivity index is 2.93. The fourth-order valence-corrected chi connectivity index (χ4v) is 3.01. The molecule has 0 aliphatic rings. The first kappa shape index (κ1) is 9.92. The standard InChI is InChI=1S/C10H7IO2S/c1-5-7(11)4-6-2-3-14-9(6)8(5)10(12)13/h2-4H,1H3,(H,12,13). The van der Waals surface area contributed by atoms with Crippen molar-refractivity contribution in [2.45, 2.75) is 6.92 Å². The van der Waals surface area contributed by atoms with Gasteiger partial charge in [-0.05, 0) is 58.0 Å². The molecular weight excluding hydrogens is 311 g/mol. The van der Waals surface area contributed by atoms with Gasteiger partial charge in [-0.3, -0.25) is 0 Å². The van der Waals surface area contributed by atoms with E-state index in [2.05, 4.69) is 22.6 Å². The van der Waals surface area contributed by atoms with Gasteiger partial charge in [-0.1, -0.05) is 0 Å². The highest BCUT2D eigenvalue weighted by atomic mass is 127. The average Bonchev–Trinajstić information content (AvgIpc) is 2.52. The lowest BCUT2D eigenvalue weighted by atomic mass is 10.1. The SMILES string of the molecule is Cc1c(I)cc2ccsc2c1C(=O)O. The van der Waals surface area contributed by atoms with Crippen LogP contribution in [0.15, 0.2) is 17.5 Å². The van der Waals surface area contributed by atoms with Gasteiger partial charge in [-0.15, -0.1) is 11.3 Å². The van der Waals surface area contributed by atoms with E-state index in [4.69, 9.17) is 5.11 Å². The normalized spacial score (nSPS) is 10.7. The molecule has 0 bridgehead atoms. The number of halogens is 1. The van der Waals surface area contributed by atoms with Gasteiger partial charge in [0.05, 0.1) is 5.56 Å². The van der Waals surface area contributed by atoms with Crippen LogP contribution < -0.4 is 0 Å². The summed E-state index contributed by atoms with van der Waals surface area (Å²) in [5.74, 6) is -0.839. The van der Waals surface area contributed by atoms with Gasteiger partial charge in [-0.2, -0.15) is 0 Å². The van der Waals surface area contributed by atoms with Crippen molar-refractivity contribution in [1.82, 2.24) is 0 Å². The Morgan fingerprint density at radius 1 is 1.57 bits per heavy atom. The number of fused-ring (bicyclic) bond motifs is 1. The molecular formula is C10H7IO2S. The van der Waals surface area contributed by atoms with Crippen molar-refractivity contribution in [3.05, 3.63) is 32.2 Å². The minimum Gasteiger partial charge on any atom is -0.478 e. The number of carboxylic acids is 1. The Hall–Kier alpha value is -0.620. The van der Waals surface area contributed by atoms with Crippen molar-refractivity contribution >= 4 is 50.0 Å². The predicted octanol–water partition coefficient (Wildman–Crippen LogP) is 3.51. The zero-order valence-electron chi connectivity index (χ0n) is 7.37. The van der Waals surface area contributed by atoms with Crippen LogP contribution in [-0.2, 0) is 0 Å². The largest absolute Gasteiger partial charge is 0.478 e. The topological polar surface area (TPSA) is 37.3 Å². The third-order valence-corrected chi connectivity index (χ3v) is 4.22. The summed E-state index contributed by atoms with van der Waals surface area (Å²) < 4.78 is 1.88. The van der Waals surface area contributed by atoms with Crippen LogP contribution in [0.25, 0.3) is 10.1 Å². The number of hydrogen-bond acceptors (Lipinski definition) is 2. The maximum absolute atomic E-state index is 11.1. The van der Waals surface area contributed by atoms with E-state index in [0.717, 1.165) is 19.2 Å². The molecule has 0 saturated heterocycles. The molecule has 14 heavy (non-hydrogen) atoms. The third-order valence-electron chi connectivity index (χ3n) is 2.15. The molecule has 1 aromatic heterocycles. The number of rotatable bonds is 1. The van der Waals surface area contributed by atoms with Gasteiger partial charge in [-0.25, -0.2) is 4.79 Å². The minimum absolute atomic E-state index is 0.446. The quantitative estimate of drug-likeness (QED) is 0.817. The van der Waals surface area contributed by atoms with Crippen LogP contribution in [0.3, 0.4) is 0 Å². The van der Waals surface area contributed by atoms with E-state index in [1.807, 2.05) is 24.4 Å². The van der Waals surface area contributed by atoms with Gasteiger partial charge >= 0.3 is 5.97 Å². The molecule has 2 aromatic rings. The van der Waals surface area contributed by atoms with Crippen molar-refractivity contribution in [3.8, 4) is 0 Å². The molecule has 1 heterocycles. The Morgan fingerprint density at radius 2 is 2.29 bits per heavy atom. The summed E-state index contributed by atoms with van der Waals surface area (Å²) in [6.07, 6.45) is 0. The van der Waals surface area contributed by atoms with Crippen molar-refractivity contribution in [2.75, 3.05) is 0 Å². The molecule has 0 unspecified atom stereocenters. The molecule has 1 N–H and O–H groups in total. The molecule has 72 valence electrons. The first-order valence-electron chi connectivity index (χ1n) is 4.01. The van der Waals surface area contributed by atoms with E-state index in [1.165, 1.54) is 11.3 Å². The average molecular weight is 318 g/mol. The second kappa shape index (κ2) is 3.51. The number of carboxylic acid groups (broad SMARTS) is 1. The van der Waals surface area contributed by atoms with Gasteiger partial charge in [0.15, 0.2) is 0 Å². The Bertz CT molecular complexity index is 516. The highest BCUT2D eigenvalue weighted by Crippen LogP contribution is 2.30. The lowest BCUT2D eigenvalue weighted by Gasteiger charge is -2.04. The fourth-order valence-electron chi connectivity index (χ4n) is 1.43. The van der Waals surface area contributed by atoms with E-state index in [9.17, 15) is 4.79 Å². The highest BCUT2D eigenvalue weighted by molar-refractivity contribution is 14.1. The van der Waals surface area contributed by atoms with Crippen molar-refractivity contribution in [2.24, 2.45) is 0 Å². The molecule has 0 fully saturated rings. The van der Waals surface area contributed by atoms with E-state index in [1.54, 1.807) is 0 Å². The first-order chi connectivity index (χ1) is 6.61. The maximum Gasteiger partial charge on any atom is 0.337 e. The first-order valence-corrected chi connectivity index (χ1v) is 5.96. The van der Waals surface area contributed by atoms with Crippen LogP contribution in [0.5, 0.6) is 0 Å². The molecule has 1 aromatic carbocycles. The van der Waals surface area contributed by atoms with E-state index in [-0.39, 0.29) is 0 Å². The Morgan fingerprint density at radius 3 is 2.93 bits per heavy atom. The molecule has 2 nitrogen and oxygen atoms in total. The predicted molar refractivity (Wildman–Crippen MR) is 66.2 cm³/mol. The van der Waals surface area contributed by atoms with Gasteiger partial charge in [0.1, 0.15) is 0 Å².